The third-order valence-corrected chi connectivity index (χ3v) is 5.74. The van der Waals surface area contributed by atoms with Crippen molar-refractivity contribution in [1.29, 1.82) is 0 Å². The van der Waals surface area contributed by atoms with Gasteiger partial charge in [0.1, 0.15) is 0 Å². The van der Waals surface area contributed by atoms with Crippen molar-refractivity contribution in [1.82, 2.24) is 9.88 Å². The van der Waals surface area contributed by atoms with Gasteiger partial charge in [-0.15, -0.1) is 11.3 Å². The number of nitrogens with one attached hydrogen (secondary N) is 1. The van der Waals surface area contributed by atoms with Crippen molar-refractivity contribution in [3.8, 4) is 0 Å². The average molecular weight is 355 g/mol. The monoisotopic (exact) mass is 355 g/mol. The number of hydrogen-bond acceptors (Lipinski definition) is 5. The standard InChI is InChI=1S/C18H17N3OS2/c22-17(14-7-9-23-12-14)20-18-19-15-6-8-21(11-16(15)24-18)10-13-4-2-1-3-5-13/h1-5,7,9,12H,6,8,10-11H2,(H,19,20,22). The Labute approximate surface area is 148 Å². The summed E-state index contributed by atoms with van der Waals surface area (Å²) in [4.78, 5) is 20.4. The number of thiazole rings is 1. The van der Waals surface area contributed by atoms with E-state index >= 15 is 0 Å². The summed E-state index contributed by atoms with van der Waals surface area (Å²) in [5.74, 6) is -0.0801. The summed E-state index contributed by atoms with van der Waals surface area (Å²) < 4.78 is 0. The third kappa shape index (κ3) is 3.40. The molecular formula is C18H17N3OS2. The molecule has 3 heterocycles. The molecule has 0 spiro atoms. The van der Waals surface area contributed by atoms with Gasteiger partial charge in [-0.05, 0) is 17.0 Å². The molecule has 0 fully saturated rings. The number of amides is 1. The molecular weight excluding hydrogens is 338 g/mol. The molecule has 4 rings (SSSR count). The topological polar surface area (TPSA) is 45.2 Å². The van der Waals surface area contributed by atoms with Crippen molar-refractivity contribution >= 4 is 33.7 Å². The fourth-order valence-corrected chi connectivity index (χ4v) is 4.52. The minimum Gasteiger partial charge on any atom is -0.298 e. The molecule has 1 aliphatic heterocycles. The number of benzene rings is 1. The second-order valence-electron chi connectivity index (χ2n) is 5.80. The van der Waals surface area contributed by atoms with Crippen LogP contribution in [0.5, 0.6) is 0 Å². The number of nitrogens with zero attached hydrogens (tertiary/aromatic N) is 2. The van der Waals surface area contributed by atoms with Gasteiger partial charge in [0.05, 0.1) is 11.3 Å². The molecule has 0 unspecified atom stereocenters. The largest absolute Gasteiger partial charge is 0.298 e. The normalized spacial score (nSPS) is 14.3. The third-order valence-electron chi connectivity index (χ3n) is 4.06. The van der Waals surface area contributed by atoms with Crippen molar-refractivity contribution in [2.24, 2.45) is 0 Å². The van der Waals surface area contributed by atoms with Gasteiger partial charge >= 0.3 is 0 Å². The molecule has 0 aliphatic carbocycles. The molecule has 0 radical (unpaired) electrons. The lowest BCUT2D eigenvalue weighted by atomic mass is 10.1. The van der Waals surface area contributed by atoms with Crippen LogP contribution < -0.4 is 5.32 Å². The minimum absolute atomic E-state index is 0.0801. The highest BCUT2D eigenvalue weighted by Gasteiger charge is 2.21. The highest BCUT2D eigenvalue weighted by molar-refractivity contribution is 7.16. The van der Waals surface area contributed by atoms with E-state index < -0.39 is 0 Å². The van der Waals surface area contributed by atoms with Gasteiger partial charge in [0, 0.05) is 36.3 Å². The molecule has 1 amide bonds. The molecule has 24 heavy (non-hydrogen) atoms. The molecule has 1 aliphatic rings. The number of anilines is 1. The lowest BCUT2D eigenvalue weighted by Gasteiger charge is -2.25. The zero-order valence-electron chi connectivity index (χ0n) is 13.1. The Bertz CT molecular complexity index is 827. The smallest absolute Gasteiger partial charge is 0.258 e. The van der Waals surface area contributed by atoms with Crippen LogP contribution in [-0.2, 0) is 19.5 Å². The number of carbonyl (C=O) groups excluding carboxylic acids is 1. The van der Waals surface area contributed by atoms with Crippen LogP contribution in [0.15, 0.2) is 47.2 Å². The number of hydrogen-bond donors (Lipinski definition) is 1. The van der Waals surface area contributed by atoms with Gasteiger partial charge < -0.3 is 0 Å². The first-order valence-corrected chi connectivity index (χ1v) is 9.62. The van der Waals surface area contributed by atoms with Crippen LogP contribution in [0.4, 0.5) is 5.13 Å². The van der Waals surface area contributed by atoms with Gasteiger partial charge in [-0.25, -0.2) is 4.98 Å². The van der Waals surface area contributed by atoms with E-state index in [9.17, 15) is 4.79 Å². The predicted octanol–water partition coefficient (Wildman–Crippen LogP) is 4.02. The van der Waals surface area contributed by atoms with Crippen LogP contribution >= 0.6 is 22.7 Å². The first-order chi connectivity index (χ1) is 11.8. The highest BCUT2D eigenvalue weighted by atomic mass is 32.1. The second-order valence-corrected chi connectivity index (χ2v) is 7.66. The summed E-state index contributed by atoms with van der Waals surface area (Å²) in [6.45, 7) is 2.86. The summed E-state index contributed by atoms with van der Waals surface area (Å²) in [5.41, 5.74) is 3.15. The first kappa shape index (κ1) is 15.5. The zero-order valence-corrected chi connectivity index (χ0v) is 14.7. The van der Waals surface area contributed by atoms with Crippen molar-refractivity contribution < 1.29 is 4.79 Å². The zero-order chi connectivity index (χ0) is 16.4. The Kier molecular flexibility index (Phi) is 4.42. The van der Waals surface area contributed by atoms with Crippen LogP contribution in [0.3, 0.4) is 0 Å². The Morgan fingerprint density at radius 1 is 1.25 bits per heavy atom. The fraction of sp³-hybridized carbons (Fsp3) is 0.222. The van der Waals surface area contributed by atoms with E-state index in [1.54, 1.807) is 11.3 Å². The van der Waals surface area contributed by atoms with Gasteiger partial charge in [0.2, 0.25) is 0 Å². The van der Waals surface area contributed by atoms with Gasteiger partial charge in [0.15, 0.2) is 5.13 Å². The van der Waals surface area contributed by atoms with Crippen molar-refractivity contribution in [3.63, 3.8) is 0 Å². The molecule has 0 bridgehead atoms. The maximum atomic E-state index is 12.1. The average Bonchev–Trinajstić information content (AvgIpc) is 3.24. The predicted molar refractivity (Wildman–Crippen MR) is 98.6 cm³/mol. The Hall–Kier alpha value is -2.02. The first-order valence-electron chi connectivity index (χ1n) is 7.86. The van der Waals surface area contributed by atoms with Crippen molar-refractivity contribution in [2.45, 2.75) is 19.5 Å². The number of fused-ring (bicyclic) bond motifs is 1. The van der Waals surface area contributed by atoms with Crippen molar-refractivity contribution in [2.75, 3.05) is 11.9 Å². The van der Waals surface area contributed by atoms with Gasteiger partial charge in [-0.3, -0.25) is 15.0 Å². The lowest BCUT2D eigenvalue weighted by molar-refractivity contribution is 0.102. The van der Waals surface area contributed by atoms with Crippen LogP contribution in [0, 0.1) is 0 Å². The molecule has 0 saturated heterocycles. The van der Waals surface area contributed by atoms with E-state index in [4.69, 9.17) is 0 Å². The molecule has 1 N–H and O–H groups in total. The maximum absolute atomic E-state index is 12.1. The van der Waals surface area contributed by atoms with Crippen LogP contribution in [0.1, 0.15) is 26.5 Å². The van der Waals surface area contributed by atoms with E-state index in [-0.39, 0.29) is 5.91 Å². The van der Waals surface area contributed by atoms with Crippen LogP contribution in [0.25, 0.3) is 0 Å². The van der Waals surface area contributed by atoms with E-state index in [1.807, 2.05) is 22.9 Å². The SMILES string of the molecule is O=C(Nc1nc2c(s1)CN(Cc1ccccc1)CC2)c1ccsc1. The number of aromatic nitrogens is 1. The molecule has 0 atom stereocenters. The number of rotatable bonds is 4. The number of thiophene rings is 1. The van der Waals surface area contributed by atoms with Gasteiger partial charge in [-0.1, -0.05) is 30.3 Å². The fourth-order valence-electron chi connectivity index (χ4n) is 2.84. The van der Waals surface area contributed by atoms with Crippen LogP contribution in [0.2, 0.25) is 0 Å². The molecule has 122 valence electrons. The Balaban J connectivity index is 1.43. The van der Waals surface area contributed by atoms with E-state index in [0.29, 0.717) is 10.7 Å². The maximum Gasteiger partial charge on any atom is 0.258 e. The summed E-state index contributed by atoms with van der Waals surface area (Å²) >= 11 is 3.12. The summed E-state index contributed by atoms with van der Waals surface area (Å²) in [6.07, 6.45) is 0.937. The molecule has 2 aromatic heterocycles. The molecule has 1 aromatic carbocycles. The highest BCUT2D eigenvalue weighted by Crippen LogP contribution is 2.29. The molecule has 6 heteroatoms. The van der Waals surface area contributed by atoms with Crippen LogP contribution in [-0.4, -0.2) is 22.3 Å². The minimum atomic E-state index is -0.0801. The molecule has 4 nitrogen and oxygen atoms in total. The van der Waals surface area contributed by atoms with E-state index in [1.165, 1.54) is 21.8 Å². The summed E-state index contributed by atoms with van der Waals surface area (Å²) in [7, 11) is 0. The summed E-state index contributed by atoms with van der Waals surface area (Å²) in [6, 6.07) is 12.4. The molecule has 0 saturated carbocycles. The second kappa shape index (κ2) is 6.84. The quantitative estimate of drug-likeness (QED) is 0.769. The molecule has 3 aromatic rings. The van der Waals surface area contributed by atoms with Gasteiger partial charge in [-0.2, -0.15) is 11.3 Å². The van der Waals surface area contributed by atoms with Gasteiger partial charge in [0.25, 0.3) is 5.91 Å². The lowest BCUT2D eigenvalue weighted by Crippen LogP contribution is -2.29. The van der Waals surface area contributed by atoms with Crippen molar-refractivity contribution in [3.05, 3.63) is 68.9 Å². The van der Waals surface area contributed by atoms with E-state index in [2.05, 4.69) is 39.5 Å². The Morgan fingerprint density at radius 3 is 2.92 bits per heavy atom. The Morgan fingerprint density at radius 2 is 2.12 bits per heavy atom. The number of carbonyl (C=O) groups is 1. The van der Waals surface area contributed by atoms with E-state index in [0.717, 1.165) is 31.7 Å². The summed E-state index contributed by atoms with van der Waals surface area (Å²) in [5, 5.41) is 7.39.